The Morgan fingerprint density at radius 3 is 2.33 bits per heavy atom. The number of amides is 2. The summed E-state index contributed by atoms with van der Waals surface area (Å²) in [5.41, 5.74) is 4.66. The molecule has 0 bridgehead atoms. The van der Waals surface area contributed by atoms with Gasteiger partial charge in [0, 0.05) is 13.1 Å². The topological polar surface area (TPSA) is 102 Å². The Kier molecular flexibility index (Phi) is 5.54. The first-order chi connectivity index (χ1) is 9.69. The van der Waals surface area contributed by atoms with Gasteiger partial charge in [-0.3, -0.25) is 9.69 Å². The van der Waals surface area contributed by atoms with Gasteiger partial charge in [-0.05, 0) is 20.8 Å². The molecule has 1 fully saturated rings. The summed E-state index contributed by atoms with van der Waals surface area (Å²) in [7, 11) is 1.24. The Labute approximate surface area is 124 Å². The fourth-order valence-corrected chi connectivity index (χ4v) is 2.02. The molecule has 1 atom stereocenters. The van der Waals surface area contributed by atoms with E-state index in [0.717, 1.165) is 0 Å². The van der Waals surface area contributed by atoms with E-state index in [0.29, 0.717) is 6.54 Å². The third-order valence-electron chi connectivity index (χ3n) is 3.01. The van der Waals surface area contributed by atoms with Crippen molar-refractivity contribution in [3.63, 3.8) is 0 Å². The fourth-order valence-electron chi connectivity index (χ4n) is 2.02. The van der Waals surface area contributed by atoms with Crippen molar-refractivity contribution in [2.45, 2.75) is 32.4 Å². The van der Waals surface area contributed by atoms with E-state index >= 15 is 0 Å². The number of carbonyl (C=O) groups is 3. The standard InChI is InChI=1S/C13H23N3O5/c1-13(2,3)21-12(19)16-6-5-15(10(17)7-14)8-9(16)11(18)20-4/h9H,5-8,14H2,1-4H3. The zero-order valence-electron chi connectivity index (χ0n) is 12.9. The maximum Gasteiger partial charge on any atom is 0.411 e. The maximum atomic E-state index is 12.2. The van der Waals surface area contributed by atoms with Crippen LogP contribution in [0.3, 0.4) is 0 Å². The number of hydrogen-bond acceptors (Lipinski definition) is 6. The number of carbonyl (C=O) groups excluding carboxylic acids is 3. The van der Waals surface area contributed by atoms with E-state index in [1.807, 2.05) is 0 Å². The molecule has 2 amide bonds. The van der Waals surface area contributed by atoms with Crippen molar-refractivity contribution in [2.75, 3.05) is 33.3 Å². The fraction of sp³-hybridized carbons (Fsp3) is 0.769. The van der Waals surface area contributed by atoms with Gasteiger partial charge in [-0.15, -0.1) is 0 Å². The van der Waals surface area contributed by atoms with Gasteiger partial charge >= 0.3 is 12.1 Å². The Balaban J connectivity index is 2.86. The summed E-state index contributed by atoms with van der Waals surface area (Å²) in [4.78, 5) is 38.4. The lowest BCUT2D eigenvalue weighted by Crippen LogP contribution is -2.60. The van der Waals surface area contributed by atoms with Crippen LogP contribution in [0.4, 0.5) is 4.79 Å². The van der Waals surface area contributed by atoms with E-state index in [-0.39, 0.29) is 25.5 Å². The molecule has 120 valence electrons. The van der Waals surface area contributed by atoms with Crippen LogP contribution in [0.25, 0.3) is 0 Å². The van der Waals surface area contributed by atoms with Crippen molar-refractivity contribution in [2.24, 2.45) is 5.73 Å². The molecule has 1 unspecified atom stereocenters. The Bertz CT molecular complexity index is 419. The first kappa shape index (κ1) is 17.2. The molecule has 0 radical (unpaired) electrons. The summed E-state index contributed by atoms with van der Waals surface area (Å²) in [6, 6.07) is -0.880. The van der Waals surface area contributed by atoms with Crippen molar-refractivity contribution in [1.29, 1.82) is 0 Å². The Morgan fingerprint density at radius 1 is 1.24 bits per heavy atom. The second kappa shape index (κ2) is 6.75. The molecule has 8 heteroatoms. The molecule has 21 heavy (non-hydrogen) atoms. The van der Waals surface area contributed by atoms with Gasteiger partial charge in [0.2, 0.25) is 5.91 Å². The van der Waals surface area contributed by atoms with Gasteiger partial charge in [0.1, 0.15) is 5.60 Å². The second-order valence-corrected chi connectivity index (χ2v) is 5.76. The highest BCUT2D eigenvalue weighted by Crippen LogP contribution is 2.16. The number of piperazine rings is 1. The molecule has 0 aromatic rings. The van der Waals surface area contributed by atoms with Gasteiger partial charge in [-0.25, -0.2) is 9.59 Å². The minimum atomic E-state index is -0.880. The van der Waals surface area contributed by atoms with E-state index in [2.05, 4.69) is 0 Å². The predicted octanol–water partition coefficient (Wildman–Crippen LogP) is -0.434. The number of methoxy groups -OCH3 is 1. The number of nitrogens with two attached hydrogens (primary N) is 1. The van der Waals surface area contributed by atoms with E-state index < -0.39 is 23.7 Å². The minimum Gasteiger partial charge on any atom is -0.467 e. The highest BCUT2D eigenvalue weighted by Gasteiger charge is 2.39. The van der Waals surface area contributed by atoms with Gasteiger partial charge in [0.25, 0.3) is 0 Å². The highest BCUT2D eigenvalue weighted by molar-refractivity contribution is 5.84. The van der Waals surface area contributed by atoms with Crippen molar-refractivity contribution >= 4 is 18.0 Å². The molecule has 1 aliphatic heterocycles. The molecular weight excluding hydrogens is 278 g/mol. The molecule has 1 heterocycles. The average molecular weight is 301 g/mol. The summed E-state index contributed by atoms with van der Waals surface area (Å²) in [5, 5.41) is 0. The van der Waals surface area contributed by atoms with Crippen molar-refractivity contribution in [3.05, 3.63) is 0 Å². The lowest BCUT2D eigenvalue weighted by molar-refractivity contribution is -0.151. The molecule has 0 saturated carbocycles. The molecule has 0 aromatic heterocycles. The van der Waals surface area contributed by atoms with Crippen molar-refractivity contribution in [3.8, 4) is 0 Å². The van der Waals surface area contributed by atoms with Crippen LogP contribution < -0.4 is 5.73 Å². The van der Waals surface area contributed by atoms with E-state index in [4.69, 9.17) is 15.2 Å². The zero-order chi connectivity index (χ0) is 16.2. The van der Waals surface area contributed by atoms with Gasteiger partial charge < -0.3 is 20.1 Å². The van der Waals surface area contributed by atoms with Gasteiger partial charge in [0.05, 0.1) is 20.2 Å². The van der Waals surface area contributed by atoms with Crippen LogP contribution in [0.5, 0.6) is 0 Å². The van der Waals surface area contributed by atoms with E-state index in [1.165, 1.54) is 16.9 Å². The third-order valence-corrected chi connectivity index (χ3v) is 3.01. The lowest BCUT2D eigenvalue weighted by Gasteiger charge is -2.40. The highest BCUT2D eigenvalue weighted by atomic mass is 16.6. The van der Waals surface area contributed by atoms with Crippen LogP contribution in [-0.2, 0) is 19.1 Å². The largest absolute Gasteiger partial charge is 0.467 e. The summed E-state index contributed by atoms with van der Waals surface area (Å²) < 4.78 is 9.98. The summed E-state index contributed by atoms with van der Waals surface area (Å²) in [6.07, 6.45) is -0.599. The second-order valence-electron chi connectivity index (χ2n) is 5.76. The number of nitrogens with zero attached hydrogens (tertiary/aromatic N) is 2. The summed E-state index contributed by atoms with van der Waals surface area (Å²) in [6.45, 7) is 5.65. The SMILES string of the molecule is COC(=O)C1CN(C(=O)CN)CCN1C(=O)OC(C)(C)C. The number of hydrogen-bond donors (Lipinski definition) is 1. The average Bonchev–Trinajstić information content (AvgIpc) is 2.43. The molecule has 1 aliphatic rings. The summed E-state index contributed by atoms with van der Waals surface area (Å²) >= 11 is 0. The smallest absolute Gasteiger partial charge is 0.411 e. The molecule has 0 spiro atoms. The maximum absolute atomic E-state index is 12.2. The van der Waals surface area contributed by atoms with Crippen LogP contribution in [0.15, 0.2) is 0 Å². The predicted molar refractivity (Wildman–Crippen MR) is 74.4 cm³/mol. The van der Waals surface area contributed by atoms with Crippen LogP contribution in [0.2, 0.25) is 0 Å². The van der Waals surface area contributed by atoms with Gasteiger partial charge in [-0.2, -0.15) is 0 Å². The molecule has 1 rings (SSSR count). The first-order valence-electron chi connectivity index (χ1n) is 6.75. The van der Waals surface area contributed by atoms with Crippen LogP contribution in [-0.4, -0.2) is 72.7 Å². The van der Waals surface area contributed by atoms with Gasteiger partial charge in [-0.1, -0.05) is 0 Å². The van der Waals surface area contributed by atoms with Crippen LogP contribution in [0, 0.1) is 0 Å². The van der Waals surface area contributed by atoms with Gasteiger partial charge in [0.15, 0.2) is 6.04 Å². The molecule has 1 saturated heterocycles. The van der Waals surface area contributed by atoms with E-state index in [9.17, 15) is 14.4 Å². The van der Waals surface area contributed by atoms with Crippen molar-refractivity contribution in [1.82, 2.24) is 9.80 Å². The molecule has 0 aliphatic carbocycles. The minimum absolute atomic E-state index is 0.0575. The normalized spacial score (nSPS) is 19.2. The van der Waals surface area contributed by atoms with Crippen LogP contribution in [0.1, 0.15) is 20.8 Å². The quantitative estimate of drug-likeness (QED) is 0.694. The Morgan fingerprint density at radius 2 is 1.86 bits per heavy atom. The van der Waals surface area contributed by atoms with E-state index in [1.54, 1.807) is 20.8 Å². The molecule has 0 aromatic carbocycles. The zero-order valence-corrected chi connectivity index (χ0v) is 12.9. The number of ether oxygens (including phenoxy) is 2. The summed E-state index contributed by atoms with van der Waals surface area (Å²) in [5.74, 6) is -0.858. The number of rotatable bonds is 2. The van der Waals surface area contributed by atoms with Crippen molar-refractivity contribution < 1.29 is 23.9 Å². The number of esters is 1. The molecular formula is C13H23N3O5. The first-order valence-corrected chi connectivity index (χ1v) is 6.75. The monoisotopic (exact) mass is 301 g/mol. The van der Waals surface area contributed by atoms with Crippen LogP contribution >= 0.6 is 0 Å². The molecule has 8 nitrogen and oxygen atoms in total. The third kappa shape index (κ3) is 4.59. The lowest BCUT2D eigenvalue weighted by atomic mass is 10.1. The Hall–Kier alpha value is -1.83. The molecule has 2 N–H and O–H groups in total.